The van der Waals surface area contributed by atoms with Gasteiger partial charge in [-0.1, -0.05) is 23.7 Å². The normalized spacial score (nSPS) is 18.4. The van der Waals surface area contributed by atoms with Gasteiger partial charge in [-0.05, 0) is 24.7 Å². The number of aliphatic carboxylic acids is 1. The molecule has 2 amide bonds. The molecule has 1 fully saturated rings. The molecule has 27 heavy (non-hydrogen) atoms. The van der Waals surface area contributed by atoms with Gasteiger partial charge in [0.1, 0.15) is 0 Å². The van der Waals surface area contributed by atoms with Gasteiger partial charge in [-0.3, -0.25) is 9.69 Å². The number of halogens is 1. The Hall–Kier alpha value is -1.87. The molecule has 9 heteroatoms. The van der Waals surface area contributed by atoms with Crippen molar-refractivity contribution in [1.82, 2.24) is 15.1 Å². The van der Waals surface area contributed by atoms with Crippen LogP contribution in [-0.2, 0) is 14.3 Å². The smallest absolute Gasteiger partial charge is 0.317 e. The van der Waals surface area contributed by atoms with Crippen LogP contribution in [-0.4, -0.2) is 86.5 Å². The molecule has 2 unspecified atom stereocenters. The first-order valence-corrected chi connectivity index (χ1v) is 9.09. The highest BCUT2D eigenvalue weighted by Gasteiger charge is 2.26. The second-order valence-corrected chi connectivity index (χ2v) is 6.93. The number of amides is 2. The van der Waals surface area contributed by atoms with Crippen LogP contribution in [0.2, 0.25) is 5.02 Å². The van der Waals surface area contributed by atoms with Crippen molar-refractivity contribution in [3.05, 3.63) is 34.9 Å². The largest absolute Gasteiger partial charge is 0.480 e. The number of rotatable bonds is 8. The van der Waals surface area contributed by atoms with Gasteiger partial charge in [0, 0.05) is 38.3 Å². The van der Waals surface area contributed by atoms with Crippen molar-refractivity contribution in [2.24, 2.45) is 0 Å². The Morgan fingerprint density at radius 3 is 2.96 bits per heavy atom. The first-order chi connectivity index (χ1) is 12.9. The molecule has 0 saturated carbocycles. The van der Waals surface area contributed by atoms with Crippen molar-refractivity contribution in [2.45, 2.75) is 12.2 Å². The lowest BCUT2D eigenvalue weighted by molar-refractivity contribution is -0.138. The summed E-state index contributed by atoms with van der Waals surface area (Å²) in [6.07, 6.45) is -0.522. The standard InChI is InChI=1S/C18H26ClN3O5/c1-21(12-17(23)24)10-15-11-22(6-7-27-15)18(25)20-9-16(26-2)13-4-3-5-14(19)8-13/h3-5,8,15-16H,6-7,9-12H2,1-2H3,(H,20,25)(H,23,24). The fourth-order valence-corrected chi connectivity index (χ4v) is 3.19. The zero-order valence-electron chi connectivity index (χ0n) is 15.6. The number of carboxylic acids is 1. The summed E-state index contributed by atoms with van der Waals surface area (Å²) in [7, 11) is 3.30. The van der Waals surface area contributed by atoms with Gasteiger partial charge in [0.05, 0.1) is 25.4 Å². The zero-order valence-corrected chi connectivity index (χ0v) is 16.3. The Morgan fingerprint density at radius 1 is 1.52 bits per heavy atom. The number of morpholine rings is 1. The number of nitrogens with zero attached hydrogens (tertiary/aromatic N) is 2. The summed E-state index contributed by atoms with van der Waals surface area (Å²) in [4.78, 5) is 26.6. The average Bonchev–Trinajstić information content (AvgIpc) is 2.61. The lowest BCUT2D eigenvalue weighted by Gasteiger charge is -2.34. The highest BCUT2D eigenvalue weighted by molar-refractivity contribution is 6.30. The molecule has 0 radical (unpaired) electrons. The molecule has 1 heterocycles. The molecule has 1 aromatic rings. The number of urea groups is 1. The van der Waals surface area contributed by atoms with Gasteiger partial charge in [-0.25, -0.2) is 4.79 Å². The van der Waals surface area contributed by atoms with E-state index in [1.807, 2.05) is 18.2 Å². The maximum atomic E-state index is 12.5. The summed E-state index contributed by atoms with van der Waals surface area (Å²) in [5.74, 6) is -0.894. The third kappa shape index (κ3) is 6.99. The van der Waals surface area contributed by atoms with Gasteiger partial charge in [0.2, 0.25) is 0 Å². The summed E-state index contributed by atoms with van der Waals surface area (Å²) in [5, 5.41) is 12.3. The minimum atomic E-state index is -0.894. The van der Waals surface area contributed by atoms with Crippen LogP contribution in [0.3, 0.4) is 0 Å². The molecule has 0 spiro atoms. The molecule has 1 aromatic carbocycles. The van der Waals surface area contributed by atoms with Gasteiger partial charge in [0.25, 0.3) is 0 Å². The van der Waals surface area contributed by atoms with Crippen LogP contribution in [0.4, 0.5) is 4.79 Å². The topological polar surface area (TPSA) is 91.3 Å². The molecule has 0 aliphatic carbocycles. The number of nitrogens with one attached hydrogen (secondary N) is 1. The second kappa shape index (κ2) is 10.5. The maximum absolute atomic E-state index is 12.5. The van der Waals surface area contributed by atoms with E-state index in [1.165, 1.54) is 0 Å². The van der Waals surface area contributed by atoms with Gasteiger partial charge in [0.15, 0.2) is 0 Å². The van der Waals surface area contributed by atoms with Gasteiger partial charge in [-0.2, -0.15) is 0 Å². The highest BCUT2D eigenvalue weighted by atomic mass is 35.5. The fourth-order valence-electron chi connectivity index (χ4n) is 2.99. The maximum Gasteiger partial charge on any atom is 0.317 e. The number of benzene rings is 1. The molecule has 150 valence electrons. The quantitative estimate of drug-likeness (QED) is 0.687. The van der Waals surface area contributed by atoms with E-state index < -0.39 is 5.97 Å². The van der Waals surface area contributed by atoms with Crippen LogP contribution < -0.4 is 5.32 Å². The first kappa shape index (κ1) is 21.4. The predicted molar refractivity (Wildman–Crippen MR) is 101 cm³/mol. The molecule has 2 N–H and O–H groups in total. The first-order valence-electron chi connectivity index (χ1n) is 8.72. The second-order valence-electron chi connectivity index (χ2n) is 6.49. The monoisotopic (exact) mass is 399 g/mol. The van der Waals surface area contributed by atoms with Crippen molar-refractivity contribution in [1.29, 1.82) is 0 Å². The Bertz CT molecular complexity index is 645. The van der Waals surface area contributed by atoms with Gasteiger partial charge < -0.3 is 24.8 Å². The Morgan fingerprint density at radius 2 is 2.30 bits per heavy atom. The molecule has 0 aromatic heterocycles. The summed E-state index contributed by atoms with van der Waals surface area (Å²) < 4.78 is 11.1. The average molecular weight is 400 g/mol. The minimum Gasteiger partial charge on any atom is -0.480 e. The van der Waals surface area contributed by atoms with Crippen molar-refractivity contribution in [2.75, 3.05) is 53.5 Å². The van der Waals surface area contributed by atoms with Crippen LogP contribution in [0.5, 0.6) is 0 Å². The molecular weight excluding hydrogens is 374 g/mol. The van der Waals surface area contributed by atoms with Gasteiger partial charge >= 0.3 is 12.0 Å². The summed E-state index contributed by atoms with van der Waals surface area (Å²) in [5.41, 5.74) is 0.889. The van der Waals surface area contributed by atoms with Crippen LogP contribution in [0.25, 0.3) is 0 Å². The van der Waals surface area contributed by atoms with Crippen molar-refractivity contribution in [3.63, 3.8) is 0 Å². The number of ether oxygens (including phenoxy) is 2. The van der Waals surface area contributed by atoms with E-state index in [1.54, 1.807) is 30.0 Å². The summed E-state index contributed by atoms with van der Waals surface area (Å²) >= 11 is 6.01. The van der Waals surface area contributed by atoms with Crippen molar-refractivity contribution >= 4 is 23.6 Å². The van der Waals surface area contributed by atoms with E-state index in [2.05, 4.69) is 5.32 Å². The van der Waals surface area contributed by atoms with Crippen LogP contribution >= 0.6 is 11.6 Å². The number of methoxy groups -OCH3 is 1. The van der Waals surface area contributed by atoms with E-state index in [4.69, 9.17) is 26.2 Å². The number of carbonyl (C=O) groups is 2. The van der Waals surface area contributed by atoms with Crippen LogP contribution in [0.1, 0.15) is 11.7 Å². The molecule has 1 aliphatic rings. The third-order valence-electron chi connectivity index (χ3n) is 4.29. The molecule has 1 aliphatic heterocycles. The summed E-state index contributed by atoms with van der Waals surface area (Å²) in [6, 6.07) is 7.13. The minimum absolute atomic E-state index is 0.0682. The summed E-state index contributed by atoms with van der Waals surface area (Å²) in [6.45, 7) is 2.00. The molecule has 0 bridgehead atoms. The van der Waals surface area contributed by atoms with Crippen LogP contribution in [0, 0.1) is 0 Å². The van der Waals surface area contributed by atoms with E-state index in [9.17, 15) is 9.59 Å². The van der Waals surface area contributed by atoms with E-state index >= 15 is 0 Å². The molecule has 2 rings (SSSR count). The lowest BCUT2D eigenvalue weighted by Crippen LogP contribution is -2.52. The highest BCUT2D eigenvalue weighted by Crippen LogP contribution is 2.20. The Labute approximate surface area is 164 Å². The van der Waals surface area contributed by atoms with Crippen LogP contribution in [0.15, 0.2) is 24.3 Å². The predicted octanol–water partition coefficient (Wildman–Crippen LogP) is 1.45. The van der Waals surface area contributed by atoms with E-state index in [0.29, 0.717) is 37.8 Å². The Kier molecular flexibility index (Phi) is 8.30. The number of hydrogen-bond acceptors (Lipinski definition) is 5. The van der Waals surface area contributed by atoms with Crippen molar-refractivity contribution in [3.8, 4) is 0 Å². The van der Waals surface area contributed by atoms with E-state index in [0.717, 1.165) is 5.56 Å². The Balaban J connectivity index is 1.84. The number of likely N-dealkylation sites (N-methyl/N-ethyl adjacent to an activating group) is 1. The van der Waals surface area contributed by atoms with E-state index in [-0.39, 0.29) is 24.8 Å². The molecule has 2 atom stereocenters. The molecule has 1 saturated heterocycles. The number of carbonyl (C=O) groups excluding carboxylic acids is 1. The third-order valence-corrected chi connectivity index (χ3v) is 4.53. The van der Waals surface area contributed by atoms with Gasteiger partial charge in [-0.15, -0.1) is 0 Å². The number of hydrogen-bond donors (Lipinski definition) is 2. The zero-order chi connectivity index (χ0) is 19.8. The molecular formula is C18H26ClN3O5. The number of carboxylic acid groups (broad SMARTS) is 1. The van der Waals surface area contributed by atoms with Crippen molar-refractivity contribution < 1.29 is 24.2 Å². The lowest BCUT2D eigenvalue weighted by atomic mass is 10.1. The SMILES string of the molecule is COC(CNC(=O)N1CCOC(CN(C)CC(=O)O)C1)c1cccc(Cl)c1. The molecule has 8 nitrogen and oxygen atoms in total. The fraction of sp³-hybridized carbons (Fsp3) is 0.556.